The molecule has 0 saturated heterocycles. The number of nitrogens with one attached hydrogen (secondary N) is 1. The quantitative estimate of drug-likeness (QED) is 0.653. The molecule has 1 saturated carbocycles. The third-order valence-corrected chi connectivity index (χ3v) is 6.07. The van der Waals surface area contributed by atoms with Crippen molar-refractivity contribution in [1.29, 1.82) is 0 Å². The van der Waals surface area contributed by atoms with Crippen LogP contribution in [0, 0.1) is 5.92 Å². The SMILES string of the molecule is CCn1c(CC2CCCCC2)nnc1SCC(=O)Nc1ccc(Br)cn1. The molecule has 0 bridgehead atoms. The lowest BCUT2D eigenvalue weighted by Gasteiger charge is -2.21. The van der Waals surface area contributed by atoms with Gasteiger partial charge in [-0.2, -0.15) is 0 Å². The summed E-state index contributed by atoms with van der Waals surface area (Å²) < 4.78 is 3.02. The van der Waals surface area contributed by atoms with Gasteiger partial charge in [-0.25, -0.2) is 4.98 Å². The summed E-state index contributed by atoms with van der Waals surface area (Å²) >= 11 is 4.75. The van der Waals surface area contributed by atoms with Crippen LogP contribution in [0.15, 0.2) is 28.0 Å². The van der Waals surface area contributed by atoms with Crippen LogP contribution in [0.25, 0.3) is 0 Å². The molecule has 1 aliphatic rings. The zero-order valence-corrected chi connectivity index (χ0v) is 17.4. The van der Waals surface area contributed by atoms with E-state index in [1.54, 1.807) is 12.3 Å². The fourth-order valence-corrected chi connectivity index (χ4v) is 4.36. The Kier molecular flexibility index (Phi) is 7.07. The Hall–Kier alpha value is -1.41. The molecule has 3 rings (SSSR count). The van der Waals surface area contributed by atoms with Crippen molar-refractivity contribution in [3.8, 4) is 0 Å². The summed E-state index contributed by atoms with van der Waals surface area (Å²) in [6.07, 6.45) is 9.27. The van der Waals surface area contributed by atoms with Gasteiger partial charge in [0.15, 0.2) is 5.16 Å². The summed E-state index contributed by atoms with van der Waals surface area (Å²) in [4.78, 5) is 16.3. The molecule has 1 fully saturated rings. The molecule has 0 unspecified atom stereocenters. The number of halogens is 1. The second-order valence-corrected chi connectivity index (χ2v) is 8.41. The van der Waals surface area contributed by atoms with Crippen LogP contribution in [-0.4, -0.2) is 31.4 Å². The van der Waals surface area contributed by atoms with Gasteiger partial charge in [-0.3, -0.25) is 4.79 Å². The molecule has 26 heavy (non-hydrogen) atoms. The van der Waals surface area contributed by atoms with Gasteiger partial charge >= 0.3 is 0 Å². The van der Waals surface area contributed by atoms with E-state index in [-0.39, 0.29) is 5.91 Å². The Bertz CT molecular complexity index is 728. The first kappa shape index (κ1) is 19.4. The topological polar surface area (TPSA) is 72.7 Å². The van der Waals surface area contributed by atoms with Crippen LogP contribution in [0.4, 0.5) is 5.82 Å². The largest absolute Gasteiger partial charge is 0.310 e. The minimum Gasteiger partial charge on any atom is -0.310 e. The van der Waals surface area contributed by atoms with Crippen molar-refractivity contribution in [1.82, 2.24) is 19.7 Å². The molecule has 0 aromatic carbocycles. The fourth-order valence-electron chi connectivity index (χ4n) is 3.30. The number of thioether (sulfide) groups is 1. The number of rotatable bonds is 7. The lowest BCUT2D eigenvalue weighted by atomic mass is 9.87. The van der Waals surface area contributed by atoms with Crippen LogP contribution < -0.4 is 5.32 Å². The number of nitrogens with zero attached hydrogens (tertiary/aromatic N) is 4. The molecule has 1 aliphatic carbocycles. The second kappa shape index (κ2) is 9.50. The molecule has 0 aliphatic heterocycles. The van der Waals surface area contributed by atoms with Crippen molar-refractivity contribution in [2.45, 2.75) is 57.1 Å². The Morgan fingerprint density at radius 3 is 2.81 bits per heavy atom. The van der Waals surface area contributed by atoms with Gasteiger partial charge in [0.1, 0.15) is 11.6 Å². The zero-order valence-electron chi connectivity index (χ0n) is 14.9. The van der Waals surface area contributed by atoms with Gasteiger partial charge in [0, 0.05) is 23.6 Å². The van der Waals surface area contributed by atoms with Crippen LogP contribution >= 0.6 is 27.7 Å². The number of hydrogen-bond acceptors (Lipinski definition) is 5. The number of anilines is 1. The minimum absolute atomic E-state index is 0.0932. The predicted octanol–water partition coefficient (Wildman–Crippen LogP) is 4.31. The van der Waals surface area contributed by atoms with Crippen molar-refractivity contribution >= 4 is 39.4 Å². The van der Waals surface area contributed by atoms with Crippen molar-refractivity contribution in [3.05, 3.63) is 28.6 Å². The van der Waals surface area contributed by atoms with E-state index in [0.717, 1.165) is 34.3 Å². The first-order valence-electron chi connectivity index (χ1n) is 9.12. The molecular formula is C18H24BrN5OS. The standard InChI is InChI=1S/C18H24BrN5OS/c1-2-24-16(10-13-6-4-3-5-7-13)22-23-18(24)26-12-17(25)21-15-9-8-14(19)11-20-15/h8-9,11,13H,2-7,10,12H2,1H3,(H,20,21,25). The lowest BCUT2D eigenvalue weighted by Crippen LogP contribution is -2.16. The lowest BCUT2D eigenvalue weighted by molar-refractivity contribution is -0.113. The average molecular weight is 438 g/mol. The number of aromatic nitrogens is 4. The highest BCUT2D eigenvalue weighted by atomic mass is 79.9. The monoisotopic (exact) mass is 437 g/mol. The average Bonchev–Trinajstić information content (AvgIpc) is 3.04. The van der Waals surface area contributed by atoms with Crippen LogP contribution in [0.5, 0.6) is 0 Å². The summed E-state index contributed by atoms with van der Waals surface area (Å²) in [6.45, 7) is 2.93. The van der Waals surface area contributed by atoms with Crippen molar-refractivity contribution in [2.75, 3.05) is 11.1 Å². The second-order valence-electron chi connectivity index (χ2n) is 6.55. The van der Waals surface area contributed by atoms with Crippen LogP contribution in [-0.2, 0) is 17.8 Å². The maximum Gasteiger partial charge on any atom is 0.236 e. The molecule has 8 heteroatoms. The number of hydrogen-bond donors (Lipinski definition) is 1. The fraction of sp³-hybridized carbons (Fsp3) is 0.556. The number of amides is 1. The van der Waals surface area contributed by atoms with Gasteiger partial charge in [-0.05, 0) is 40.9 Å². The molecular weight excluding hydrogens is 414 g/mol. The van der Waals surface area contributed by atoms with Crippen molar-refractivity contribution < 1.29 is 4.79 Å². The van der Waals surface area contributed by atoms with Gasteiger partial charge < -0.3 is 9.88 Å². The molecule has 0 radical (unpaired) electrons. The molecule has 1 amide bonds. The highest BCUT2D eigenvalue weighted by Gasteiger charge is 2.19. The Morgan fingerprint density at radius 1 is 1.31 bits per heavy atom. The van der Waals surface area contributed by atoms with E-state index in [9.17, 15) is 4.79 Å². The predicted molar refractivity (Wildman–Crippen MR) is 107 cm³/mol. The Balaban J connectivity index is 1.55. The highest BCUT2D eigenvalue weighted by Crippen LogP contribution is 2.27. The molecule has 2 heterocycles. The van der Waals surface area contributed by atoms with E-state index in [1.807, 2.05) is 6.07 Å². The molecule has 0 spiro atoms. The maximum absolute atomic E-state index is 12.2. The number of pyridine rings is 1. The first-order valence-corrected chi connectivity index (χ1v) is 10.9. The number of carbonyl (C=O) groups is 1. The first-order chi connectivity index (χ1) is 12.7. The van der Waals surface area contributed by atoms with Crippen LogP contribution in [0.3, 0.4) is 0 Å². The molecule has 2 aromatic rings. The van der Waals surface area contributed by atoms with Crippen LogP contribution in [0.2, 0.25) is 0 Å². The Morgan fingerprint density at radius 2 is 2.12 bits per heavy atom. The highest BCUT2D eigenvalue weighted by molar-refractivity contribution is 9.10. The molecule has 140 valence electrons. The van der Waals surface area contributed by atoms with Crippen molar-refractivity contribution in [3.63, 3.8) is 0 Å². The summed E-state index contributed by atoms with van der Waals surface area (Å²) in [7, 11) is 0. The normalized spacial score (nSPS) is 15.2. The third kappa shape index (κ3) is 5.30. The Labute approximate surface area is 166 Å². The summed E-state index contributed by atoms with van der Waals surface area (Å²) in [5.74, 6) is 2.53. The van der Waals surface area contributed by atoms with Crippen molar-refractivity contribution in [2.24, 2.45) is 5.92 Å². The molecule has 6 nitrogen and oxygen atoms in total. The smallest absolute Gasteiger partial charge is 0.236 e. The van der Waals surface area contributed by atoms with Gasteiger partial charge in [0.2, 0.25) is 5.91 Å². The third-order valence-electron chi connectivity index (χ3n) is 4.63. The minimum atomic E-state index is -0.0932. The summed E-state index contributed by atoms with van der Waals surface area (Å²) in [6, 6.07) is 3.62. The van der Waals surface area contributed by atoms with Gasteiger partial charge in [-0.15, -0.1) is 10.2 Å². The molecule has 1 N–H and O–H groups in total. The van der Waals surface area contributed by atoms with E-state index in [2.05, 4.69) is 47.9 Å². The summed E-state index contributed by atoms with van der Waals surface area (Å²) in [5, 5.41) is 12.3. The van der Waals surface area contributed by atoms with E-state index >= 15 is 0 Å². The van der Waals surface area contributed by atoms with E-state index in [0.29, 0.717) is 11.6 Å². The molecule has 2 aromatic heterocycles. The van der Waals surface area contributed by atoms with Crippen LogP contribution in [0.1, 0.15) is 44.9 Å². The molecule has 0 atom stereocenters. The summed E-state index contributed by atoms with van der Waals surface area (Å²) in [5.41, 5.74) is 0. The van der Waals surface area contributed by atoms with Gasteiger partial charge in [0.25, 0.3) is 0 Å². The number of carbonyl (C=O) groups excluding carboxylic acids is 1. The van der Waals surface area contributed by atoms with E-state index in [1.165, 1.54) is 43.9 Å². The van der Waals surface area contributed by atoms with E-state index < -0.39 is 0 Å². The van der Waals surface area contributed by atoms with Gasteiger partial charge in [0.05, 0.1) is 5.75 Å². The van der Waals surface area contributed by atoms with Gasteiger partial charge in [-0.1, -0.05) is 43.9 Å². The zero-order chi connectivity index (χ0) is 18.4. The van der Waals surface area contributed by atoms with E-state index in [4.69, 9.17) is 0 Å². The maximum atomic E-state index is 12.2.